The van der Waals surface area contributed by atoms with Crippen LogP contribution in [0.25, 0.3) is 11.1 Å². The Morgan fingerprint density at radius 2 is 1.80 bits per heavy atom. The number of aryl methyl sites for hydroxylation is 2. The molecule has 0 aliphatic carbocycles. The molecule has 0 heterocycles. The van der Waals surface area contributed by atoms with Gasteiger partial charge >= 0.3 is 0 Å². The summed E-state index contributed by atoms with van der Waals surface area (Å²) in [6, 6.07) is 16.2. The normalized spacial score (nSPS) is 11.1. The molecule has 106 valence electrons. The molecule has 2 aromatic carbocycles. The molecule has 1 nitrogen and oxygen atoms in total. The van der Waals surface area contributed by atoms with Crippen LogP contribution in [0.5, 0.6) is 0 Å². The van der Waals surface area contributed by atoms with Gasteiger partial charge in [0.15, 0.2) is 0 Å². The number of hydrogen-bond acceptors (Lipinski definition) is 1. The van der Waals surface area contributed by atoms with Gasteiger partial charge in [-0.25, -0.2) is 0 Å². The zero-order valence-electron chi connectivity index (χ0n) is 13.0. The summed E-state index contributed by atoms with van der Waals surface area (Å²) in [4.78, 5) is 0. The van der Waals surface area contributed by atoms with Crippen molar-refractivity contribution in [3.63, 3.8) is 0 Å². The minimum atomic E-state index is 0.524. The van der Waals surface area contributed by atoms with Gasteiger partial charge in [0.2, 0.25) is 0 Å². The second-order valence-corrected chi connectivity index (χ2v) is 5.74. The lowest BCUT2D eigenvalue weighted by atomic mass is 9.96. The van der Waals surface area contributed by atoms with Gasteiger partial charge in [-0.15, -0.1) is 0 Å². The van der Waals surface area contributed by atoms with E-state index in [0.717, 1.165) is 13.0 Å². The van der Waals surface area contributed by atoms with E-state index in [1.54, 1.807) is 0 Å². The van der Waals surface area contributed by atoms with Gasteiger partial charge in [0, 0.05) is 12.6 Å². The third-order valence-corrected chi connectivity index (χ3v) is 3.65. The van der Waals surface area contributed by atoms with Gasteiger partial charge in [0.1, 0.15) is 0 Å². The summed E-state index contributed by atoms with van der Waals surface area (Å²) >= 11 is 0. The lowest BCUT2D eigenvalue weighted by molar-refractivity contribution is 0.589. The predicted octanol–water partition coefficient (Wildman–Crippen LogP) is 4.72. The first-order valence-corrected chi connectivity index (χ1v) is 7.52. The highest BCUT2D eigenvalue weighted by atomic mass is 14.9. The van der Waals surface area contributed by atoms with E-state index in [-0.39, 0.29) is 0 Å². The second-order valence-electron chi connectivity index (χ2n) is 5.74. The fourth-order valence-corrected chi connectivity index (χ4v) is 2.44. The topological polar surface area (TPSA) is 12.0 Å². The molecule has 2 aromatic rings. The molecule has 0 unspecified atom stereocenters. The SMILES string of the molecule is CCc1cccc(-c2ccc(CNC(C)C)cc2C)c1. The average molecular weight is 267 g/mol. The summed E-state index contributed by atoms with van der Waals surface area (Å²) in [6.45, 7) is 9.70. The van der Waals surface area contributed by atoms with Gasteiger partial charge in [-0.1, -0.05) is 63.2 Å². The average Bonchev–Trinajstić information content (AvgIpc) is 2.45. The van der Waals surface area contributed by atoms with Gasteiger partial charge in [-0.3, -0.25) is 0 Å². The molecule has 0 aromatic heterocycles. The van der Waals surface area contributed by atoms with Crippen LogP contribution in [-0.2, 0) is 13.0 Å². The van der Waals surface area contributed by atoms with Crippen LogP contribution in [0.4, 0.5) is 0 Å². The summed E-state index contributed by atoms with van der Waals surface area (Å²) < 4.78 is 0. The van der Waals surface area contributed by atoms with E-state index >= 15 is 0 Å². The van der Waals surface area contributed by atoms with Crippen LogP contribution in [0, 0.1) is 6.92 Å². The van der Waals surface area contributed by atoms with E-state index in [2.05, 4.69) is 75.5 Å². The maximum Gasteiger partial charge on any atom is 0.0207 e. The van der Waals surface area contributed by atoms with Gasteiger partial charge in [-0.05, 0) is 41.2 Å². The van der Waals surface area contributed by atoms with E-state index in [1.807, 2.05) is 0 Å². The Hall–Kier alpha value is -1.60. The minimum Gasteiger partial charge on any atom is -0.310 e. The van der Waals surface area contributed by atoms with Crippen molar-refractivity contribution in [1.82, 2.24) is 5.32 Å². The number of rotatable bonds is 5. The Balaban J connectivity index is 2.24. The van der Waals surface area contributed by atoms with Crippen molar-refractivity contribution in [2.75, 3.05) is 0 Å². The molecule has 1 N–H and O–H groups in total. The van der Waals surface area contributed by atoms with E-state index < -0.39 is 0 Å². The molecule has 0 fully saturated rings. The van der Waals surface area contributed by atoms with Crippen molar-refractivity contribution in [3.05, 3.63) is 59.2 Å². The fourth-order valence-electron chi connectivity index (χ4n) is 2.44. The first-order chi connectivity index (χ1) is 9.60. The molecule has 2 rings (SSSR count). The lowest BCUT2D eigenvalue weighted by Gasteiger charge is -2.12. The highest BCUT2D eigenvalue weighted by Crippen LogP contribution is 2.25. The number of nitrogens with one attached hydrogen (secondary N) is 1. The molecule has 0 bridgehead atoms. The van der Waals surface area contributed by atoms with Crippen LogP contribution < -0.4 is 5.32 Å². The van der Waals surface area contributed by atoms with Crippen LogP contribution in [0.1, 0.15) is 37.5 Å². The summed E-state index contributed by atoms with van der Waals surface area (Å²) in [5, 5.41) is 3.47. The Morgan fingerprint density at radius 3 is 2.45 bits per heavy atom. The summed E-state index contributed by atoms with van der Waals surface area (Å²) in [5.74, 6) is 0. The predicted molar refractivity (Wildman–Crippen MR) is 88.0 cm³/mol. The van der Waals surface area contributed by atoms with Crippen molar-refractivity contribution >= 4 is 0 Å². The Morgan fingerprint density at radius 1 is 1.00 bits per heavy atom. The Labute approximate surface area is 123 Å². The van der Waals surface area contributed by atoms with Gasteiger partial charge < -0.3 is 5.32 Å². The summed E-state index contributed by atoms with van der Waals surface area (Å²) in [6.07, 6.45) is 1.09. The summed E-state index contributed by atoms with van der Waals surface area (Å²) in [7, 11) is 0. The highest BCUT2D eigenvalue weighted by Gasteiger charge is 2.04. The molecule has 0 saturated carbocycles. The maximum absolute atomic E-state index is 3.47. The molecular weight excluding hydrogens is 242 g/mol. The van der Waals surface area contributed by atoms with Gasteiger partial charge in [0.25, 0.3) is 0 Å². The quantitative estimate of drug-likeness (QED) is 0.826. The molecule has 0 radical (unpaired) electrons. The molecule has 0 atom stereocenters. The third kappa shape index (κ3) is 3.71. The zero-order valence-corrected chi connectivity index (χ0v) is 13.0. The fraction of sp³-hybridized carbons (Fsp3) is 0.368. The number of hydrogen-bond donors (Lipinski definition) is 1. The molecule has 1 heteroatoms. The van der Waals surface area contributed by atoms with Crippen molar-refractivity contribution in [2.24, 2.45) is 0 Å². The molecule has 20 heavy (non-hydrogen) atoms. The van der Waals surface area contributed by atoms with Crippen molar-refractivity contribution < 1.29 is 0 Å². The molecule has 0 spiro atoms. The van der Waals surface area contributed by atoms with Crippen LogP contribution in [-0.4, -0.2) is 6.04 Å². The lowest BCUT2D eigenvalue weighted by Crippen LogP contribution is -2.21. The van der Waals surface area contributed by atoms with E-state index in [1.165, 1.54) is 27.8 Å². The molecule has 0 saturated heterocycles. The largest absolute Gasteiger partial charge is 0.310 e. The van der Waals surface area contributed by atoms with Crippen molar-refractivity contribution in [3.8, 4) is 11.1 Å². The Kier molecular flexibility index (Phi) is 4.97. The molecule has 0 aliphatic heterocycles. The van der Waals surface area contributed by atoms with Crippen LogP contribution >= 0.6 is 0 Å². The van der Waals surface area contributed by atoms with Gasteiger partial charge in [-0.2, -0.15) is 0 Å². The number of benzene rings is 2. The molecule has 0 aliphatic rings. The van der Waals surface area contributed by atoms with E-state index in [9.17, 15) is 0 Å². The second kappa shape index (κ2) is 6.71. The van der Waals surface area contributed by atoms with E-state index in [0.29, 0.717) is 6.04 Å². The molecule has 0 amide bonds. The summed E-state index contributed by atoms with van der Waals surface area (Å²) in [5.41, 5.74) is 6.76. The third-order valence-electron chi connectivity index (χ3n) is 3.65. The first kappa shape index (κ1) is 14.8. The smallest absolute Gasteiger partial charge is 0.0207 e. The monoisotopic (exact) mass is 267 g/mol. The first-order valence-electron chi connectivity index (χ1n) is 7.52. The van der Waals surface area contributed by atoms with Crippen LogP contribution in [0.2, 0.25) is 0 Å². The molecular formula is C19H25N. The standard InChI is InChI=1S/C19H25N/c1-5-16-7-6-8-18(12-16)19-10-9-17(11-15(19)4)13-20-14(2)3/h6-12,14,20H,5,13H2,1-4H3. The van der Waals surface area contributed by atoms with Crippen molar-refractivity contribution in [2.45, 2.75) is 46.7 Å². The van der Waals surface area contributed by atoms with Gasteiger partial charge in [0.05, 0.1) is 0 Å². The zero-order chi connectivity index (χ0) is 14.5. The maximum atomic E-state index is 3.47. The minimum absolute atomic E-state index is 0.524. The van der Waals surface area contributed by atoms with Crippen LogP contribution in [0.3, 0.4) is 0 Å². The van der Waals surface area contributed by atoms with Crippen molar-refractivity contribution in [1.29, 1.82) is 0 Å². The Bertz CT molecular complexity index is 570. The van der Waals surface area contributed by atoms with E-state index in [4.69, 9.17) is 0 Å². The van der Waals surface area contributed by atoms with Crippen LogP contribution in [0.15, 0.2) is 42.5 Å². The highest BCUT2D eigenvalue weighted by molar-refractivity contribution is 5.68.